The monoisotopic (exact) mass is 188 g/mol. The minimum Gasteiger partial charge on any atom is -0.344 e. The van der Waals surface area contributed by atoms with Crippen molar-refractivity contribution in [1.82, 2.24) is 10.2 Å². The predicted octanol–water partition coefficient (Wildman–Crippen LogP) is 0.541. The highest BCUT2D eigenvalue weighted by molar-refractivity contribution is 7.98. The van der Waals surface area contributed by atoms with E-state index >= 15 is 0 Å². The van der Waals surface area contributed by atoms with Gasteiger partial charge < -0.3 is 10.2 Å². The smallest absolute Gasteiger partial charge is 0.244 e. The van der Waals surface area contributed by atoms with E-state index in [1.165, 1.54) is 0 Å². The maximum Gasteiger partial charge on any atom is 0.244 e. The van der Waals surface area contributed by atoms with Crippen molar-refractivity contribution >= 4 is 17.7 Å². The summed E-state index contributed by atoms with van der Waals surface area (Å²) in [6, 6.07) is 0. The summed E-state index contributed by atoms with van der Waals surface area (Å²) in [6.45, 7) is 0.798. The third kappa shape index (κ3) is 7.63. The summed E-state index contributed by atoms with van der Waals surface area (Å²) in [7, 11) is 3.92. The molecule has 70 valence electrons. The molecule has 0 aromatic carbocycles. The molecule has 0 aliphatic heterocycles. The number of thioether (sulfide) groups is 1. The van der Waals surface area contributed by atoms with Crippen molar-refractivity contribution in [2.45, 2.75) is 0 Å². The Morgan fingerprint density at radius 1 is 1.58 bits per heavy atom. The van der Waals surface area contributed by atoms with Crippen molar-refractivity contribution < 1.29 is 4.79 Å². The molecule has 0 radical (unpaired) electrons. The Labute approximate surface area is 78.2 Å². The number of hydrogen-bond acceptors (Lipinski definition) is 3. The first-order valence-corrected chi connectivity index (χ1v) is 5.14. The van der Waals surface area contributed by atoms with E-state index < -0.39 is 0 Å². The molecule has 1 N–H and O–H groups in total. The van der Waals surface area contributed by atoms with Crippen LogP contribution in [-0.2, 0) is 4.79 Å². The van der Waals surface area contributed by atoms with Gasteiger partial charge in [0.2, 0.25) is 5.91 Å². The number of nitrogens with zero attached hydrogens (tertiary/aromatic N) is 1. The minimum atomic E-state index is -0.0220. The number of hydrogen-bond donors (Lipinski definition) is 1. The Morgan fingerprint density at radius 2 is 2.25 bits per heavy atom. The van der Waals surface area contributed by atoms with Gasteiger partial charge >= 0.3 is 0 Å². The normalized spacial score (nSPS) is 11.0. The van der Waals surface area contributed by atoms with Gasteiger partial charge in [-0.15, -0.1) is 11.8 Å². The van der Waals surface area contributed by atoms with E-state index in [9.17, 15) is 4.79 Å². The van der Waals surface area contributed by atoms with E-state index in [0.717, 1.165) is 6.54 Å². The molecule has 0 bridgehead atoms. The van der Waals surface area contributed by atoms with Crippen LogP contribution in [0.5, 0.6) is 0 Å². The summed E-state index contributed by atoms with van der Waals surface area (Å²) >= 11 is 1.59. The van der Waals surface area contributed by atoms with Crippen LogP contribution in [-0.4, -0.2) is 43.6 Å². The lowest BCUT2D eigenvalue weighted by molar-refractivity contribution is -0.116. The van der Waals surface area contributed by atoms with Crippen molar-refractivity contribution in [2.24, 2.45) is 0 Å². The molecule has 0 aliphatic rings. The van der Waals surface area contributed by atoms with E-state index in [4.69, 9.17) is 0 Å². The summed E-state index contributed by atoms with van der Waals surface area (Å²) in [5.41, 5.74) is 0. The Bertz CT molecular complexity index is 157. The second-order valence-electron chi connectivity index (χ2n) is 2.64. The van der Waals surface area contributed by atoms with Gasteiger partial charge in [-0.1, -0.05) is 6.08 Å². The van der Waals surface area contributed by atoms with E-state index in [2.05, 4.69) is 5.32 Å². The molecule has 1 amide bonds. The third-order valence-electron chi connectivity index (χ3n) is 1.13. The maximum absolute atomic E-state index is 11.0. The van der Waals surface area contributed by atoms with Gasteiger partial charge in [-0.05, 0) is 20.4 Å². The first-order chi connectivity index (χ1) is 5.66. The summed E-state index contributed by atoms with van der Waals surface area (Å²) in [6.07, 6.45) is 5.36. The van der Waals surface area contributed by atoms with Gasteiger partial charge in [0.1, 0.15) is 0 Å². The van der Waals surface area contributed by atoms with Crippen LogP contribution in [0.15, 0.2) is 12.2 Å². The molecule has 0 aromatic heterocycles. The van der Waals surface area contributed by atoms with Crippen LogP contribution >= 0.6 is 11.8 Å². The molecule has 0 spiro atoms. The van der Waals surface area contributed by atoms with Crippen molar-refractivity contribution in [2.75, 3.05) is 32.8 Å². The quantitative estimate of drug-likeness (QED) is 0.505. The number of carbonyl (C=O) groups excluding carboxylic acids is 1. The number of carbonyl (C=O) groups is 1. The highest BCUT2D eigenvalue weighted by Crippen LogP contribution is 1.85. The molecule has 0 unspecified atom stereocenters. The van der Waals surface area contributed by atoms with E-state index in [1.807, 2.05) is 31.3 Å². The lowest BCUT2D eigenvalue weighted by Gasteiger charge is -2.03. The summed E-state index contributed by atoms with van der Waals surface area (Å²) in [5, 5.41) is 2.72. The van der Waals surface area contributed by atoms with Crippen LogP contribution in [0.2, 0.25) is 0 Å². The van der Waals surface area contributed by atoms with Gasteiger partial charge in [0.05, 0.1) is 5.88 Å². The number of nitrogens with one attached hydrogen (secondary N) is 1. The first kappa shape index (κ1) is 11.5. The van der Waals surface area contributed by atoms with Crippen LogP contribution in [0, 0.1) is 0 Å². The van der Waals surface area contributed by atoms with Crippen molar-refractivity contribution in [3.05, 3.63) is 12.2 Å². The second-order valence-corrected chi connectivity index (χ2v) is 3.50. The Kier molecular flexibility index (Phi) is 6.90. The molecule has 0 rings (SSSR count). The van der Waals surface area contributed by atoms with Crippen LogP contribution in [0.3, 0.4) is 0 Å². The maximum atomic E-state index is 11.0. The van der Waals surface area contributed by atoms with Crippen LogP contribution in [0.25, 0.3) is 0 Å². The summed E-state index contributed by atoms with van der Waals surface area (Å²) in [5.74, 6) is 0.650. The van der Waals surface area contributed by atoms with Gasteiger partial charge in [-0.2, -0.15) is 0 Å². The lowest BCUT2D eigenvalue weighted by atomic mass is 10.4. The average Bonchev–Trinajstić information content (AvgIpc) is 2.00. The summed E-state index contributed by atoms with van der Waals surface area (Å²) < 4.78 is 0. The molecule has 0 saturated heterocycles. The molecule has 0 aromatic rings. The zero-order valence-corrected chi connectivity index (χ0v) is 8.65. The van der Waals surface area contributed by atoms with Crippen molar-refractivity contribution in [3.63, 3.8) is 0 Å². The minimum absolute atomic E-state index is 0.0220. The van der Waals surface area contributed by atoms with Crippen molar-refractivity contribution in [1.29, 1.82) is 0 Å². The van der Waals surface area contributed by atoms with E-state index in [0.29, 0.717) is 5.88 Å². The molecule has 4 heteroatoms. The van der Waals surface area contributed by atoms with E-state index in [-0.39, 0.29) is 5.91 Å². The summed E-state index contributed by atoms with van der Waals surface area (Å²) in [4.78, 5) is 13.0. The molecular formula is C8H16N2OS. The van der Waals surface area contributed by atoms with Gasteiger partial charge in [-0.25, -0.2) is 0 Å². The molecule has 0 heterocycles. The Morgan fingerprint density at radius 3 is 2.75 bits per heavy atom. The fraction of sp³-hybridized carbons (Fsp3) is 0.625. The predicted molar refractivity (Wildman–Crippen MR) is 54.2 cm³/mol. The Hall–Kier alpha value is -0.480. The molecule has 0 atom stereocenters. The SMILES string of the molecule is CSCNC(=O)/C=C/CN(C)C. The lowest BCUT2D eigenvalue weighted by Crippen LogP contribution is -2.20. The average molecular weight is 188 g/mol. The largest absolute Gasteiger partial charge is 0.344 e. The number of likely N-dealkylation sites (N-methyl/N-ethyl adjacent to an activating group) is 1. The molecule has 12 heavy (non-hydrogen) atoms. The standard InChI is InChI=1S/C8H16N2OS/c1-10(2)6-4-5-8(11)9-7-12-3/h4-5H,6-7H2,1-3H3,(H,9,11)/b5-4+. The fourth-order valence-corrected chi connectivity index (χ4v) is 0.859. The van der Waals surface area contributed by atoms with Gasteiger partial charge in [0.15, 0.2) is 0 Å². The fourth-order valence-electron chi connectivity index (χ4n) is 0.573. The molecule has 0 fully saturated rings. The highest BCUT2D eigenvalue weighted by Gasteiger charge is 1.91. The number of amides is 1. The molecule has 3 nitrogen and oxygen atoms in total. The van der Waals surface area contributed by atoms with Crippen LogP contribution in [0.4, 0.5) is 0 Å². The third-order valence-corrected chi connectivity index (χ3v) is 1.56. The molecule has 0 saturated carbocycles. The highest BCUT2D eigenvalue weighted by atomic mass is 32.2. The van der Waals surface area contributed by atoms with Gasteiger partial charge in [0.25, 0.3) is 0 Å². The van der Waals surface area contributed by atoms with Crippen molar-refractivity contribution in [3.8, 4) is 0 Å². The molecule has 0 aliphatic carbocycles. The van der Waals surface area contributed by atoms with Gasteiger partial charge in [0, 0.05) is 12.6 Å². The molecular weight excluding hydrogens is 172 g/mol. The first-order valence-electron chi connectivity index (χ1n) is 3.75. The van der Waals surface area contributed by atoms with Crippen LogP contribution < -0.4 is 5.32 Å². The zero-order valence-electron chi connectivity index (χ0n) is 7.83. The Balaban J connectivity index is 3.47. The second kappa shape index (κ2) is 7.18. The van der Waals surface area contributed by atoms with Gasteiger partial charge in [-0.3, -0.25) is 4.79 Å². The van der Waals surface area contributed by atoms with Crippen LogP contribution in [0.1, 0.15) is 0 Å². The van der Waals surface area contributed by atoms with E-state index in [1.54, 1.807) is 17.8 Å². The zero-order chi connectivity index (χ0) is 9.40. The number of rotatable bonds is 5. The topological polar surface area (TPSA) is 32.3 Å².